The molecule has 0 aliphatic rings. The minimum absolute atomic E-state index is 0.00754. The van der Waals surface area contributed by atoms with Crippen molar-refractivity contribution in [2.75, 3.05) is 5.32 Å². The van der Waals surface area contributed by atoms with Crippen molar-refractivity contribution >= 4 is 34.8 Å². The van der Waals surface area contributed by atoms with Gasteiger partial charge in [0, 0.05) is 6.54 Å². The maximum Gasteiger partial charge on any atom is 0.246 e. The Balaban J connectivity index is 2.10. The van der Waals surface area contributed by atoms with Crippen molar-refractivity contribution in [3.05, 3.63) is 39.6 Å². The van der Waals surface area contributed by atoms with Crippen LogP contribution in [0.5, 0.6) is 0 Å². The molecule has 0 saturated heterocycles. The van der Waals surface area contributed by atoms with Crippen LogP contribution in [0.25, 0.3) is 0 Å². The van der Waals surface area contributed by atoms with Crippen molar-refractivity contribution in [2.24, 2.45) is 5.73 Å². The molecule has 8 heteroatoms. The van der Waals surface area contributed by atoms with Crippen molar-refractivity contribution in [3.8, 4) is 0 Å². The number of aryl methyl sites for hydroxylation is 1. The van der Waals surface area contributed by atoms with Crippen LogP contribution in [0.3, 0.4) is 0 Å². The number of aromatic nitrogens is 3. The lowest BCUT2D eigenvalue weighted by molar-refractivity contribution is -0.116. The molecule has 0 radical (unpaired) electrons. The van der Waals surface area contributed by atoms with Crippen LogP contribution in [0.4, 0.5) is 5.69 Å². The van der Waals surface area contributed by atoms with E-state index in [1.54, 1.807) is 18.3 Å². The normalized spacial score (nSPS) is 10.6. The third kappa shape index (κ3) is 3.27. The fraction of sp³-hybridized carbons (Fsp3) is 0.250. The van der Waals surface area contributed by atoms with Gasteiger partial charge in [0.15, 0.2) is 0 Å². The zero-order chi connectivity index (χ0) is 14.7. The van der Waals surface area contributed by atoms with Gasteiger partial charge in [0.1, 0.15) is 6.54 Å². The molecule has 0 bridgehead atoms. The second-order valence-corrected chi connectivity index (χ2v) is 5.00. The third-order valence-corrected chi connectivity index (χ3v) is 3.45. The molecule has 2 rings (SSSR count). The lowest BCUT2D eigenvalue weighted by Crippen LogP contribution is -2.19. The maximum absolute atomic E-state index is 11.9. The van der Waals surface area contributed by atoms with Gasteiger partial charge in [0.2, 0.25) is 5.91 Å². The lowest BCUT2D eigenvalue weighted by atomic mass is 10.2. The number of rotatable bonds is 4. The van der Waals surface area contributed by atoms with E-state index in [4.69, 9.17) is 28.9 Å². The van der Waals surface area contributed by atoms with E-state index < -0.39 is 0 Å². The van der Waals surface area contributed by atoms with Crippen LogP contribution in [-0.4, -0.2) is 20.9 Å². The zero-order valence-corrected chi connectivity index (χ0v) is 12.2. The monoisotopic (exact) mass is 313 g/mol. The number of carbonyl (C=O) groups excluding carboxylic acids is 1. The van der Waals surface area contributed by atoms with E-state index in [1.165, 1.54) is 4.68 Å². The number of carbonyl (C=O) groups is 1. The number of nitrogens with two attached hydrogens (primary N) is 1. The van der Waals surface area contributed by atoms with Crippen molar-refractivity contribution in [1.29, 1.82) is 0 Å². The summed E-state index contributed by atoms with van der Waals surface area (Å²) < 4.78 is 1.40. The van der Waals surface area contributed by atoms with E-state index in [-0.39, 0.29) is 19.0 Å². The Morgan fingerprint density at radius 2 is 2.20 bits per heavy atom. The topological polar surface area (TPSA) is 85.8 Å². The molecule has 0 spiro atoms. The first-order valence-electron chi connectivity index (χ1n) is 5.84. The average Bonchev–Trinajstić information content (AvgIpc) is 2.87. The summed E-state index contributed by atoms with van der Waals surface area (Å²) in [6.45, 7) is 2.12. The Kier molecular flexibility index (Phi) is 4.59. The van der Waals surface area contributed by atoms with E-state index >= 15 is 0 Å². The Morgan fingerprint density at radius 3 is 2.85 bits per heavy atom. The molecule has 0 aliphatic carbocycles. The van der Waals surface area contributed by atoms with Crippen LogP contribution in [0, 0.1) is 6.92 Å². The van der Waals surface area contributed by atoms with Crippen LogP contribution < -0.4 is 11.1 Å². The van der Waals surface area contributed by atoms with Gasteiger partial charge in [-0.2, -0.15) is 0 Å². The van der Waals surface area contributed by atoms with E-state index in [0.717, 1.165) is 5.56 Å². The number of hydrogen-bond acceptors (Lipinski definition) is 4. The molecule has 0 atom stereocenters. The van der Waals surface area contributed by atoms with E-state index in [0.29, 0.717) is 21.4 Å². The summed E-state index contributed by atoms with van der Waals surface area (Å²) in [6, 6.07) is 3.46. The highest BCUT2D eigenvalue weighted by Crippen LogP contribution is 2.32. The highest BCUT2D eigenvalue weighted by molar-refractivity contribution is 6.40. The lowest BCUT2D eigenvalue weighted by Gasteiger charge is -2.10. The smallest absolute Gasteiger partial charge is 0.246 e. The summed E-state index contributed by atoms with van der Waals surface area (Å²) in [4.78, 5) is 11.9. The maximum atomic E-state index is 11.9. The summed E-state index contributed by atoms with van der Waals surface area (Å²) in [5, 5.41) is 11.1. The quantitative estimate of drug-likeness (QED) is 0.903. The van der Waals surface area contributed by atoms with Crippen molar-refractivity contribution in [2.45, 2.75) is 20.0 Å². The molecule has 0 saturated carbocycles. The van der Waals surface area contributed by atoms with Gasteiger partial charge in [0.05, 0.1) is 27.6 Å². The number of benzene rings is 1. The SMILES string of the molecule is Cc1ccc(Cl)c(NC(=O)Cn2cc(CN)nn2)c1Cl. The van der Waals surface area contributed by atoms with Crippen molar-refractivity contribution in [3.63, 3.8) is 0 Å². The molecule has 6 nitrogen and oxygen atoms in total. The largest absolute Gasteiger partial charge is 0.325 e. The van der Waals surface area contributed by atoms with Crippen LogP contribution in [0.1, 0.15) is 11.3 Å². The Bertz CT molecular complexity index is 641. The summed E-state index contributed by atoms with van der Waals surface area (Å²) in [5.41, 5.74) is 7.27. The number of halogens is 2. The molecule has 20 heavy (non-hydrogen) atoms. The van der Waals surface area contributed by atoms with Gasteiger partial charge >= 0.3 is 0 Å². The number of amides is 1. The van der Waals surface area contributed by atoms with E-state index in [2.05, 4.69) is 15.6 Å². The van der Waals surface area contributed by atoms with Gasteiger partial charge in [-0.1, -0.05) is 34.5 Å². The Morgan fingerprint density at radius 1 is 1.45 bits per heavy atom. The van der Waals surface area contributed by atoms with Crippen LogP contribution >= 0.6 is 23.2 Å². The average molecular weight is 314 g/mol. The van der Waals surface area contributed by atoms with Gasteiger partial charge in [-0.3, -0.25) is 4.79 Å². The van der Waals surface area contributed by atoms with E-state index in [1.807, 2.05) is 6.92 Å². The molecule has 1 aromatic carbocycles. The molecule has 3 N–H and O–H groups in total. The van der Waals surface area contributed by atoms with E-state index in [9.17, 15) is 4.79 Å². The third-order valence-electron chi connectivity index (χ3n) is 2.65. The molecule has 2 aromatic rings. The van der Waals surface area contributed by atoms with Gasteiger partial charge in [-0.15, -0.1) is 5.10 Å². The molecular formula is C12H13Cl2N5O. The van der Waals surface area contributed by atoms with Crippen LogP contribution in [-0.2, 0) is 17.9 Å². The second-order valence-electron chi connectivity index (χ2n) is 4.21. The summed E-state index contributed by atoms with van der Waals surface area (Å²) in [5.74, 6) is -0.298. The molecule has 0 unspecified atom stereocenters. The first-order valence-corrected chi connectivity index (χ1v) is 6.60. The number of nitrogens with one attached hydrogen (secondary N) is 1. The molecular weight excluding hydrogens is 301 g/mol. The minimum Gasteiger partial charge on any atom is -0.325 e. The molecule has 0 fully saturated rings. The molecule has 0 aliphatic heterocycles. The van der Waals surface area contributed by atoms with Crippen molar-refractivity contribution < 1.29 is 4.79 Å². The van der Waals surface area contributed by atoms with Gasteiger partial charge in [-0.05, 0) is 18.6 Å². The van der Waals surface area contributed by atoms with Gasteiger partial charge in [0.25, 0.3) is 0 Å². The summed E-state index contributed by atoms with van der Waals surface area (Å²) in [7, 11) is 0. The molecule has 1 amide bonds. The fourth-order valence-electron chi connectivity index (χ4n) is 1.61. The predicted octanol–water partition coefficient (Wildman–Crippen LogP) is 1.99. The first kappa shape index (κ1) is 14.8. The Labute approximate surface area is 125 Å². The number of anilines is 1. The van der Waals surface area contributed by atoms with Gasteiger partial charge in [-0.25, -0.2) is 4.68 Å². The van der Waals surface area contributed by atoms with Gasteiger partial charge < -0.3 is 11.1 Å². The Hall–Kier alpha value is -1.63. The summed E-state index contributed by atoms with van der Waals surface area (Å²) >= 11 is 12.1. The molecule has 1 heterocycles. The molecule has 106 valence electrons. The zero-order valence-electron chi connectivity index (χ0n) is 10.7. The standard InChI is InChI=1S/C12H13Cl2N5O/c1-7-2-3-9(13)12(11(7)14)16-10(20)6-19-5-8(4-15)17-18-19/h2-3,5H,4,6,15H2,1H3,(H,16,20). The number of hydrogen-bond donors (Lipinski definition) is 2. The van der Waals surface area contributed by atoms with Crippen LogP contribution in [0.2, 0.25) is 10.0 Å². The highest BCUT2D eigenvalue weighted by atomic mass is 35.5. The van der Waals surface area contributed by atoms with Crippen molar-refractivity contribution in [1.82, 2.24) is 15.0 Å². The predicted molar refractivity (Wildman–Crippen MR) is 77.7 cm³/mol. The second kappa shape index (κ2) is 6.21. The summed E-state index contributed by atoms with van der Waals surface area (Å²) in [6.07, 6.45) is 1.61. The highest BCUT2D eigenvalue weighted by Gasteiger charge is 2.12. The van der Waals surface area contributed by atoms with Crippen LogP contribution in [0.15, 0.2) is 18.3 Å². The molecule has 1 aromatic heterocycles. The fourth-order valence-corrected chi connectivity index (χ4v) is 2.07. The first-order chi connectivity index (χ1) is 9.51. The minimum atomic E-state index is -0.298. The number of nitrogens with zero attached hydrogens (tertiary/aromatic N) is 3.